The number of esters is 1. The Kier molecular flexibility index (Phi) is 6.93. The second kappa shape index (κ2) is 9.53. The lowest BCUT2D eigenvalue weighted by Crippen LogP contribution is -2.67. The zero-order valence-electron chi connectivity index (χ0n) is 19.8. The Bertz CT molecular complexity index is 1160. The van der Waals surface area contributed by atoms with Crippen molar-refractivity contribution in [2.24, 2.45) is 23.5 Å². The molecule has 3 aliphatic rings. The summed E-state index contributed by atoms with van der Waals surface area (Å²) in [6.07, 6.45) is -2.40. The minimum absolute atomic E-state index is 0.0734. The highest BCUT2D eigenvalue weighted by molar-refractivity contribution is 7.99. The van der Waals surface area contributed by atoms with E-state index in [9.17, 15) is 39.6 Å². The molecule has 1 aromatic rings. The van der Waals surface area contributed by atoms with Gasteiger partial charge in [0.15, 0.2) is 17.2 Å². The lowest BCUT2D eigenvalue weighted by Gasteiger charge is -2.53. The molecule has 0 heterocycles. The minimum atomic E-state index is -2.80. The van der Waals surface area contributed by atoms with E-state index in [4.69, 9.17) is 10.5 Å². The van der Waals surface area contributed by atoms with Crippen molar-refractivity contribution in [2.75, 3.05) is 11.5 Å². The quantitative estimate of drug-likeness (QED) is 0.206. The molecule has 3 aliphatic carbocycles. The number of Topliss-reactive ketones (excluding diaryl/α,β-unsaturated/α-hetero) is 2. The second-order valence-electron chi connectivity index (χ2n) is 9.53. The third kappa shape index (κ3) is 3.80. The van der Waals surface area contributed by atoms with Gasteiger partial charge in [-0.15, -0.1) is 0 Å². The molecule has 1 fully saturated rings. The van der Waals surface area contributed by atoms with Crippen LogP contribution in [0.4, 0.5) is 0 Å². The Morgan fingerprint density at radius 2 is 1.94 bits per heavy atom. The van der Waals surface area contributed by atoms with Crippen LogP contribution in [0.3, 0.4) is 0 Å². The summed E-state index contributed by atoms with van der Waals surface area (Å²) in [7, 11) is 0. The molecule has 1 saturated carbocycles. The number of hydrogen-bond acceptors (Lipinski definition) is 10. The first-order valence-electron chi connectivity index (χ1n) is 11.8. The second-order valence-corrected chi connectivity index (χ2v) is 10.7. The van der Waals surface area contributed by atoms with Crippen molar-refractivity contribution in [3.8, 4) is 5.75 Å². The molecule has 0 aliphatic heterocycles. The van der Waals surface area contributed by atoms with E-state index in [0.717, 1.165) is 19.1 Å². The van der Waals surface area contributed by atoms with Crippen LogP contribution in [0.1, 0.15) is 48.5 Å². The number of phenols is 1. The predicted octanol–water partition coefficient (Wildman–Crippen LogP) is 0.971. The number of thioether (sulfide) groups is 1. The van der Waals surface area contributed by atoms with Crippen molar-refractivity contribution in [3.05, 3.63) is 40.7 Å². The van der Waals surface area contributed by atoms with Gasteiger partial charge < -0.3 is 30.9 Å². The number of carbonyl (C=O) groups excluding carboxylic acids is 4. The Morgan fingerprint density at radius 1 is 1.25 bits per heavy atom. The molecule has 0 radical (unpaired) electrons. The number of nitrogens with two attached hydrogens (primary N) is 1. The van der Waals surface area contributed by atoms with E-state index >= 15 is 0 Å². The molecule has 0 spiro atoms. The molecule has 10 nitrogen and oxygen atoms in total. The van der Waals surface area contributed by atoms with Crippen molar-refractivity contribution in [3.63, 3.8) is 0 Å². The number of primary amides is 1. The summed E-state index contributed by atoms with van der Waals surface area (Å²) >= 11 is 1.56. The summed E-state index contributed by atoms with van der Waals surface area (Å²) in [5.41, 5.74) is 2.56. The van der Waals surface area contributed by atoms with Crippen molar-refractivity contribution in [1.29, 1.82) is 0 Å². The number of rotatable bonds is 6. The van der Waals surface area contributed by atoms with Crippen LogP contribution in [0.5, 0.6) is 5.75 Å². The molecule has 7 atom stereocenters. The standard InChI is InChI=1S/C25H29NO9S/c1-3-7-36-9-12-11-5-4-6-14(28)16(11)20(30)19-17(12)21(35-10(2)27)13-8-15(29)18(24(26)33)22(31)25(13,34)23(19)32/h4-6,12-13,15,17-18,21,28-29,32,34H,3,7-9H2,1-2H3,(H2,26,33)/t12-,13+,15?,17+,18?,21+,25+/m0/s1. The van der Waals surface area contributed by atoms with Crippen molar-refractivity contribution < 1.29 is 44.3 Å². The number of fused-ring (bicyclic) bond motifs is 3. The summed E-state index contributed by atoms with van der Waals surface area (Å²) in [4.78, 5) is 51.2. The van der Waals surface area contributed by atoms with E-state index in [1.807, 2.05) is 6.92 Å². The fourth-order valence-electron chi connectivity index (χ4n) is 5.95. The average molecular weight is 520 g/mol. The largest absolute Gasteiger partial charge is 0.508 e. The zero-order chi connectivity index (χ0) is 26.5. The molecule has 194 valence electrons. The zero-order valence-corrected chi connectivity index (χ0v) is 20.7. The van der Waals surface area contributed by atoms with Gasteiger partial charge in [-0.2, -0.15) is 11.8 Å². The van der Waals surface area contributed by atoms with Gasteiger partial charge in [0, 0.05) is 36.0 Å². The van der Waals surface area contributed by atoms with E-state index in [2.05, 4.69) is 0 Å². The molecule has 6 N–H and O–H groups in total. The first-order valence-corrected chi connectivity index (χ1v) is 12.9. The maximum Gasteiger partial charge on any atom is 0.302 e. The SMILES string of the molecule is CCCSC[C@H]1c2cccc(O)c2C(=O)C2=C(O)[C@]3(O)C(=O)C(C(N)=O)C(O)C[C@@H]3[C@@H](OC(C)=O)[C@@H]21. The highest BCUT2D eigenvalue weighted by Crippen LogP contribution is 2.56. The van der Waals surface area contributed by atoms with E-state index in [1.54, 1.807) is 23.9 Å². The number of benzene rings is 1. The monoisotopic (exact) mass is 519 g/mol. The van der Waals surface area contributed by atoms with Crippen LogP contribution >= 0.6 is 11.8 Å². The smallest absolute Gasteiger partial charge is 0.302 e. The predicted molar refractivity (Wildman–Crippen MR) is 128 cm³/mol. The van der Waals surface area contributed by atoms with Gasteiger partial charge in [0.25, 0.3) is 0 Å². The lowest BCUT2D eigenvalue weighted by molar-refractivity contribution is -0.189. The van der Waals surface area contributed by atoms with Gasteiger partial charge in [0.2, 0.25) is 5.91 Å². The van der Waals surface area contributed by atoms with E-state index in [1.165, 1.54) is 6.07 Å². The van der Waals surface area contributed by atoms with Crippen LogP contribution in [0.15, 0.2) is 29.5 Å². The maximum absolute atomic E-state index is 13.7. The topological polar surface area (TPSA) is 184 Å². The Hall–Kier alpha value is -2.89. The summed E-state index contributed by atoms with van der Waals surface area (Å²) < 4.78 is 5.62. The van der Waals surface area contributed by atoms with Crippen molar-refractivity contribution in [2.45, 2.75) is 50.4 Å². The van der Waals surface area contributed by atoms with E-state index < -0.39 is 77.1 Å². The van der Waals surface area contributed by atoms with E-state index in [-0.39, 0.29) is 16.9 Å². The van der Waals surface area contributed by atoms with Crippen molar-refractivity contribution in [1.82, 2.24) is 0 Å². The van der Waals surface area contributed by atoms with Gasteiger partial charge in [-0.3, -0.25) is 19.2 Å². The molecule has 11 heteroatoms. The highest BCUT2D eigenvalue weighted by Gasteiger charge is 2.67. The number of carbonyl (C=O) groups is 4. The third-order valence-electron chi connectivity index (χ3n) is 7.41. The molecule has 0 saturated heterocycles. The van der Waals surface area contributed by atoms with Gasteiger partial charge >= 0.3 is 5.97 Å². The highest BCUT2D eigenvalue weighted by atomic mass is 32.2. The molecular formula is C25H29NO9S. The molecule has 2 unspecified atom stereocenters. The van der Waals surface area contributed by atoms with Crippen LogP contribution in [-0.2, 0) is 19.1 Å². The summed E-state index contributed by atoms with van der Waals surface area (Å²) in [6, 6.07) is 4.58. The van der Waals surface area contributed by atoms with Crippen molar-refractivity contribution >= 4 is 35.2 Å². The number of ketones is 2. The molecule has 36 heavy (non-hydrogen) atoms. The van der Waals surface area contributed by atoms with Crippen LogP contribution < -0.4 is 5.73 Å². The summed E-state index contributed by atoms with van der Waals surface area (Å²) in [6.45, 7) is 3.14. The number of phenolic OH excluding ortho intramolecular Hbond substituents is 1. The average Bonchev–Trinajstić information content (AvgIpc) is 2.79. The molecule has 0 aromatic heterocycles. The summed E-state index contributed by atoms with van der Waals surface area (Å²) in [5.74, 6) is -8.85. The maximum atomic E-state index is 13.7. The van der Waals surface area contributed by atoms with Crippen LogP contribution in [0, 0.1) is 17.8 Å². The number of aliphatic hydroxyl groups excluding tert-OH is 2. The molecule has 1 aromatic carbocycles. The first-order chi connectivity index (χ1) is 17.0. The third-order valence-corrected chi connectivity index (χ3v) is 8.70. The first kappa shape index (κ1) is 26.2. The summed E-state index contributed by atoms with van der Waals surface area (Å²) in [5, 5.41) is 44.2. The van der Waals surface area contributed by atoms with Gasteiger partial charge in [-0.1, -0.05) is 19.1 Å². The fraction of sp³-hybridized carbons (Fsp3) is 0.520. The van der Waals surface area contributed by atoms with Gasteiger partial charge in [0.05, 0.1) is 11.7 Å². The Balaban J connectivity index is 2.00. The van der Waals surface area contributed by atoms with Crippen LogP contribution in [0.25, 0.3) is 0 Å². The number of aliphatic hydroxyl groups is 3. The molecule has 0 bridgehead atoms. The molecular weight excluding hydrogens is 490 g/mol. The minimum Gasteiger partial charge on any atom is -0.508 e. The van der Waals surface area contributed by atoms with Gasteiger partial charge in [-0.05, 0) is 30.2 Å². The van der Waals surface area contributed by atoms with Crippen LogP contribution in [-0.4, -0.2) is 73.2 Å². The molecule has 4 rings (SSSR count). The normalized spacial score (nSPS) is 33.4. The van der Waals surface area contributed by atoms with Gasteiger partial charge in [-0.25, -0.2) is 0 Å². The number of aromatic hydroxyl groups is 1. The fourth-order valence-corrected chi connectivity index (χ4v) is 7.04. The number of hydrogen-bond donors (Lipinski definition) is 5. The Labute approximate surface area is 211 Å². The van der Waals surface area contributed by atoms with Gasteiger partial charge in [0.1, 0.15) is 23.5 Å². The molecule has 1 amide bonds. The number of ether oxygens (including phenoxy) is 1. The number of amides is 1. The van der Waals surface area contributed by atoms with Crippen LogP contribution in [0.2, 0.25) is 0 Å². The van der Waals surface area contributed by atoms with E-state index in [0.29, 0.717) is 11.3 Å². The lowest BCUT2D eigenvalue weighted by atomic mass is 9.54. The Morgan fingerprint density at radius 3 is 2.56 bits per heavy atom.